The highest BCUT2D eigenvalue weighted by atomic mass is 32.2. The van der Waals surface area contributed by atoms with Crippen LogP contribution in [0.1, 0.15) is 30.1 Å². The van der Waals surface area contributed by atoms with E-state index in [1.54, 1.807) is 18.7 Å². The first-order valence-electron chi connectivity index (χ1n) is 6.28. The Bertz CT molecular complexity index is 522. The predicted octanol–water partition coefficient (Wildman–Crippen LogP) is 3.81. The molecule has 4 heteroatoms. The number of nitrogens with one attached hydrogen (secondary N) is 1. The molecule has 2 N–H and O–H groups in total. The molecule has 1 aromatic heterocycles. The number of para-hydroxylation sites is 1. The maximum absolute atomic E-state index is 9.71. The van der Waals surface area contributed by atoms with Crippen molar-refractivity contribution >= 4 is 17.4 Å². The van der Waals surface area contributed by atoms with E-state index in [-0.39, 0.29) is 0 Å². The minimum Gasteiger partial charge on any atom is -0.463 e. The van der Waals surface area contributed by atoms with Gasteiger partial charge in [-0.1, -0.05) is 18.2 Å². The lowest BCUT2D eigenvalue weighted by Gasteiger charge is -2.12. The summed E-state index contributed by atoms with van der Waals surface area (Å²) < 4.78 is 5.70. The number of aliphatic hydroxyl groups excluding tert-OH is 1. The Balaban J connectivity index is 2.01. The van der Waals surface area contributed by atoms with Gasteiger partial charge in [0.25, 0.3) is 0 Å². The lowest BCUT2D eigenvalue weighted by atomic mass is 10.1. The third kappa shape index (κ3) is 3.78. The molecule has 1 aromatic carbocycles. The van der Waals surface area contributed by atoms with Crippen molar-refractivity contribution in [2.24, 2.45) is 0 Å². The smallest absolute Gasteiger partial charge is 0.123 e. The molecule has 3 nitrogen and oxygen atoms in total. The monoisotopic (exact) mass is 277 g/mol. The van der Waals surface area contributed by atoms with Crippen LogP contribution >= 0.6 is 11.8 Å². The van der Waals surface area contributed by atoms with Crippen molar-refractivity contribution in [3.05, 3.63) is 53.5 Å². The highest BCUT2D eigenvalue weighted by molar-refractivity contribution is 7.97. The Hall–Kier alpha value is -1.39. The second-order valence-electron chi connectivity index (χ2n) is 4.42. The van der Waals surface area contributed by atoms with Crippen LogP contribution < -0.4 is 5.32 Å². The molecule has 0 saturated heterocycles. The van der Waals surface area contributed by atoms with E-state index in [1.165, 1.54) is 0 Å². The van der Waals surface area contributed by atoms with Gasteiger partial charge < -0.3 is 14.8 Å². The molecule has 0 bridgehead atoms. The topological polar surface area (TPSA) is 45.4 Å². The van der Waals surface area contributed by atoms with Gasteiger partial charge in [-0.05, 0) is 31.4 Å². The van der Waals surface area contributed by atoms with E-state index >= 15 is 0 Å². The Kier molecular flexibility index (Phi) is 4.93. The molecule has 102 valence electrons. The Morgan fingerprint density at radius 3 is 2.68 bits per heavy atom. The summed E-state index contributed by atoms with van der Waals surface area (Å²) in [4.78, 5) is 0. The second kappa shape index (κ2) is 6.68. The lowest BCUT2D eigenvalue weighted by molar-refractivity contribution is 0.200. The van der Waals surface area contributed by atoms with Crippen molar-refractivity contribution in [2.45, 2.75) is 25.3 Å². The molecule has 0 radical (unpaired) electrons. The molecular weight excluding hydrogens is 258 g/mol. The highest BCUT2D eigenvalue weighted by Crippen LogP contribution is 2.23. The van der Waals surface area contributed by atoms with E-state index in [4.69, 9.17) is 4.42 Å². The van der Waals surface area contributed by atoms with Crippen molar-refractivity contribution in [1.82, 2.24) is 0 Å². The van der Waals surface area contributed by atoms with E-state index in [1.807, 2.05) is 36.4 Å². The van der Waals surface area contributed by atoms with Crippen LogP contribution in [-0.4, -0.2) is 11.4 Å². The largest absolute Gasteiger partial charge is 0.463 e. The predicted molar refractivity (Wildman–Crippen MR) is 80.3 cm³/mol. The standard InChI is InChI=1S/C15H19NO2S/c1-11(17)14-5-3-4-6-15(14)16-9-12-7-8-13(18-12)10-19-2/h3-8,11,16-17H,9-10H2,1-2H3. The van der Waals surface area contributed by atoms with Crippen LogP contribution in [0.15, 0.2) is 40.8 Å². The number of rotatable bonds is 6. The summed E-state index contributed by atoms with van der Waals surface area (Å²) in [5, 5.41) is 13.0. The first-order valence-corrected chi connectivity index (χ1v) is 7.67. The third-order valence-electron chi connectivity index (χ3n) is 2.87. The van der Waals surface area contributed by atoms with E-state index in [2.05, 4.69) is 11.6 Å². The van der Waals surface area contributed by atoms with Gasteiger partial charge in [0.05, 0.1) is 18.4 Å². The van der Waals surface area contributed by atoms with Gasteiger partial charge in [0.1, 0.15) is 11.5 Å². The molecule has 1 unspecified atom stereocenters. The molecule has 0 spiro atoms. The fourth-order valence-corrected chi connectivity index (χ4v) is 2.38. The number of hydrogen-bond donors (Lipinski definition) is 2. The van der Waals surface area contributed by atoms with Crippen molar-refractivity contribution in [1.29, 1.82) is 0 Å². The molecule has 0 saturated carbocycles. The minimum absolute atomic E-state index is 0.479. The Morgan fingerprint density at radius 2 is 1.95 bits per heavy atom. The summed E-state index contributed by atoms with van der Waals surface area (Å²) >= 11 is 1.74. The van der Waals surface area contributed by atoms with E-state index in [0.29, 0.717) is 6.54 Å². The van der Waals surface area contributed by atoms with E-state index < -0.39 is 6.10 Å². The van der Waals surface area contributed by atoms with Crippen molar-refractivity contribution in [3.8, 4) is 0 Å². The first kappa shape index (κ1) is 14.0. The van der Waals surface area contributed by atoms with Crippen LogP contribution in [0.5, 0.6) is 0 Å². The molecule has 0 aliphatic heterocycles. The molecule has 2 aromatic rings. The third-order valence-corrected chi connectivity index (χ3v) is 3.44. The summed E-state index contributed by atoms with van der Waals surface area (Å²) in [7, 11) is 0. The quantitative estimate of drug-likeness (QED) is 0.843. The number of furan rings is 1. The van der Waals surface area contributed by atoms with Gasteiger partial charge in [-0.2, -0.15) is 11.8 Å². The zero-order chi connectivity index (χ0) is 13.7. The van der Waals surface area contributed by atoms with Gasteiger partial charge in [0, 0.05) is 11.3 Å². The van der Waals surface area contributed by atoms with Crippen molar-refractivity contribution in [3.63, 3.8) is 0 Å². The second-order valence-corrected chi connectivity index (χ2v) is 5.28. The summed E-state index contributed by atoms with van der Waals surface area (Å²) in [5.74, 6) is 2.79. The normalized spacial score (nSPS) is 12.4. The van der Waals surface area contributed by atoms with Gasteiger partial charge >= 0.3 is 0 Å². The van der Waals surface area contributed by atoms with Crippen molar-refractivity contribution < 1.29 is 9.52 Å². The zero-order valence-corrected chi connectivity index (χ0v) is 12.0. The Labute approximate surface area is 118 Å². The molecule has 19 heavy (non-hydrogen) atoms. The molecule has 0 amide bonds. The number of aliphatic hydroxyl groups is 1. The number of anilines is 1. The maximum Gasteiger partial charge on any atom is 0.123 e. The van der Waals surface area contributed by atoms with Crippen LogP contribution in [-0.2, 0) is 12.3 Å². The molecular formula is C15H19NO2S. The fourth-order valence-electron chi connectivity index (χ4n) is 1.94. The molecule has 1 atom stereocenters. The van der Waals surface area contributed by atoms with Gasteiger partial charge in [0.15, 0.2) is 0 Å². The summed E-state index contributed by atoms with van der Waals surface area (Å²) in [6.45, 7) is 2.39. The molecule has 0 aliphatic rings. The summed E-state index contributed by atoms with van der Waals surface area (Å²) in [6, 6.07) is 11.8. The SMILES string of the molecule is CSCc1ccc(CNc2ccccc2C(C)O)o1. The summed E-state index contributed by atoms with van der Waals surface area (Å²) in [5.41, 5.74) is 1.85. The number of hydrogen-bond acceptors (Lipinski definition) is 4. The average molecular weight is 277 g/mol. The molecule has 2 rings (SSSR count). The fraction of sp³-hybridized carbons (Fsp3) is 0.333. The van der Waals surface area contributed by atoms with Gasteiger partial charge in [0.2, 0.25) is 0 Å². The lowest BCUT2D eigenvalue weighted by Crippen LogP contribution is -2.03. The van der Waals surface area contributed by atoms with Crippen LogP contribution in [0.25, 0.3) is 0 Å². The van der Waals surface area contributed by atoms with Gasteiger partial charge in [-0.3, -0.25) is 0 Å². The number of benzene rings is 1. The average Bonchev–Trinajstić information content (AvgIpc) is 2.85. The van der Waals surface area contributed by atoms with E-state index in [9.17, 15) is 5.11 Å². The summed E-state index contributed by atoms with van der Waals surface area (Å²) in [6.07, 6.45) is 1.58. The van der Waals surface area contributed by atoms with Crippen LogP contribution in [0.3, 0.4) is 0 Å². The van der Waals surface area contributed by atoms with Crippen molar-refractivity contribution in [2.75, 3.05) is 11.6 Å². The minimum atomic E-state index is -0.479. The zero-order valence-electron chi connectivity index (χ0n) is 11.2. The van der Waals surface area contributed by atoms with Crippen LogP contribution in [0.4, 0.5) is 5.69 Å². The van der Waals surface area contributed by atoms with Gasteiger partial charge in [-0.25, -0.2) is 0 Å². The molecule has 0 aliphatic carbocycles. The highest BCUT2D eigenvalue weighted by Gasteiger charge is 2.07. The molecule has 0 fully saturated rings. The van der Waals surface area contributed by atoms with Crippen LogP contribution in [0.2, 0.25) is 0 Å². The maximum atomic E-state index is 9.71. The Morgan fingerprint density at radius 1 is 1.21 bits per heavy atom. The van der Waals surface area contributed by atoms with E-state index in [0.717, 1.165) is 28.5 Å². The number of thioether (sulfide) groups is 1. The van der Waals surface area contributed by atoms with Crippen LogP contribution in [0, 0.1) is 0 Å². The first-order chi connectivity index (χ1) is 9.20. The molecule has 1 heterocycles. The van der Waals surface area contributed by atoms with Gasteiger partial charge in [-0.15, -0.1) is 0 Å².